The van der Waals surface area contributed by atoms with Crippen LogP contribution in [0.15, 0.2) is 64.5 Å². The predicted octanol–water partition coefficient (Wildman–Crippen LogP) is 4.06. The van der Waals surface area contributed by atoms with E-state index in [1.165, 1.54) is 4.90 Å². The Hall–Kier alpha value is -1.78. The van der Waals surface area contributed by atoms with Gasteiger partial charge in [-0.2, -0.15) is 0 Å². The lowest BCUT2D eigenvalue weighted by Gasteiger charge is -2.12. The summed E-state index contributed by atoms with van der Waals surface area (Å²) >= 11 is 1.82. The summed E-state index contributed by atoms with van der Waals surface area (Å²) in [6.45, 7) is 5.53. The van der Waals surface area contributed by atoms with E-state index in [0.29, 0.717) is 18.7 Å². The first kappa shape index (κ1) is 26.5. The minimum absolute atomic E-state index is 0. The number of carbonyl (C=O) groups is 1. The van der Waals surface area contributed by atoms with Gasteiger partial charge >= 0.3 is 0 Å². The Morgan fingerprint density at radius 1 is 1.12 bits per heavy atom. The molecule has 2 aromatic rings. The molecule has 1 aliphatic rings. The van der Waals surface area contributed by atoms with Crippen molar-refractivity contribution in [1.29, 1.82) is 0 Å². The molecule has 0 spiro atoms. The third-order valence-electron chi connectivity index (χ3n) is 4.87. The Bertz CT molecular complexity index is 845. The smallest absolute Gasteiger partial charge is 0.251 e. The number of hydrogen-bond acceptors (Lipinski definition) is 4. The lowest BCUT2D eigenvalue weighted by Crippen LogP contribution is -2.38. The van der Waals surface area contributed by atoms with Gasteiger partial charge in [-0.15, -0.1) is 35.7 Å². The van der Waals surface area contributed by atoms with E-state index in [0.717, 1.165) is 49.8 Å². The van der Waals surface area contributed by atoms with Crippen LogP contribution in [-0.2, 0) is 11.3 Å². The van der Waals surface area contributed by atoms with E-state index < -0.39 is 0 Å². The maximum Gasteiger partial charge on any atom is 0.251 e. The number of benzene rings is 2. The number of hydrogen-bond donors (Lipinski definition) is 3. The highest BCUT2D eigenvalue weighted by molar-refractivity contribution is 14.0. The molecule has 1 amide bonds. The van der Waals surface area contributed by atoms with Crippen molar-refractivity contribution in [3.63, 3.8) is 0 Å². The van der Waals surface area contributed by atoms with Gasteiger partial charge in [0.05, 0.1) is 12.6 Å². The monoisotopic (exact) mass is 568 g/mol. The van der Waals surface area contributed by atoms with Crippen LogP contribution >= 0.6 is 35.7 Å². The van der Waals surface area contributed by atoms with Gasteiger partial charge in [0.1, 0.15) is 0 Å². The first-order valence-electron chi connectivity index (χ1n) is 10.9. The number of nitrogens with one attached hydrogen (secondary N) is 3. The average Bonchev–Trinajstić information content (AvgIpc) is 3.33. The fraction of sp³-hybridized carbons (Fsp3) is 0.417. The molecule has 0 aliphatic carbocycles. The van der Waals surface area contributed by atoms with E-state index in [9.17, 15) is 4.79 Å². The molecule has 1 atom stereocenters. The number of rotatable bonds is 10. The molecule has 1 fully saturated rings. The summed E-state index contributed by atoms with van der Waals surface area (Å²) in [6, 6.07) is 18.0. The largest absolute Gasteiger partial charge is 0.376 e. The van der Waals surface area contributed by atoms with Crippen LogP contribution in [-0.4, -0.2) is 50.0 Å². The maximum absolute atomic E-state index is 12.5. The summed E-state index contributed by atoms with van der Waals surface area (Å²) < 4.78 is 5.57. The average molecular weight is 569 g/mol. The van der Waals surface area contributed by atoms with E-state index >= 15 is 0 Å². The second kappa shape index (κ2) is 15.1. The highest BCUT2D eigenvalue weighted by Crippen LogP contribution is 2.15. The van der Waals surface area contributed by atoms with Crippen molar-refractivity contribution in [2.45, 2.75) is 37.3 Å². The van der Waals surface area contributed by atoms with Gasteiger partial charge < -0.3 is 20.7 Å². The van der Waals surface area contributed by atoms with Crippen LogP contribution in [0.1, 0.15) is 35.7 Å². The number of ether oxygens (including phenoxy) is 1. The second-order valence-electron chi connectivity index (χ2n) is 7.33. The minimum Gasteiger partial charge on any atom is -0.376 e. The van der Waals surface area contributed by atoms with Gasteiger partial charge in [-0.25, -0.2) is 4.99 Å². The highest BCUT2D eigenvalue weighted by Gasteiger charge is 2.16. The van der Waals surface area contributed by atoms with Crippen molar-refractivity contribution >= 4 is 47.6 Å². The van der Waals surface area contributed by atoms with Crippen LogP contribution in [0.25, 0.3) is 0 Å². The van der Waals surface area contributed by atoms with Gasteiger partial charge in [0.2, 0.25) is 0 Å². The number of carbonyl (C=O) groups excluding carboxylic acids is 1. The number of nitrogens with zero attached hydrogens (tertiary/aromatic N) is 1. The maximum atomic E-state index is 12.5. The first-order valence-corrected chi connectivity index (χ1v) is 11.9. The third kappa shape index (κ3) is 9.38. The van der Waals surface area contributed by atoms with Gasteiger partial charge in [-0.1, -0.05) is 30.3 Å². The van der Waals surface area contributed by atoms with E-state index in [1.807, 2.05) is 42.1 Å². The van der Waals surface area contributed by atoms with E-state index in [-0.39, 0.29) is 36.0 Å². The van der Waals surface area contributed by atoms with Crippen LogP contribution in [0.3, 0.4) is 0 Å². The lowest BCUT2D eigenvalue weighted by molar-refractivity contribution is 0.0857. The molecule has 0 aromatic heterocycles. The zero-order valence-electron chi connectivity index (χ0n) is 18.5. The molecule has 174 valence electrons. The molecule has 2 aromatic carbocycles. The number of aliphatic imine (C=N–C) groups is 1. The number of amides is 1. The molecule has 8 heteroatoms. The predicted molar refractivity (Wildman–Crippen MR) is 143 cm³/mol. The Labute approximate surface area is 212 Å². The molecule has 3 rings (SSSR count). The summed E-state index contributed by atoms with van der Waals surface area (Å²) in [6.07, 6.45) is 2.23. The fourth-order valence-electron chi connectivity index (χ4n) is 3.29. The van der Waals surface area contributed by atoms with Crippen molar-refractivity contribution in [1.82, 2.24) is 16.0 Å². The van der Waals surface area contributed by atoms with Gasteiger partial charge in [0, 0.05) is 42.5 Å². The van der Waals surface area contributed by atoms with Gasteiger partial charge in [0.25, 0.3) is 5.91 Å². The standard InChI is InChI=1S/C24H32N4O2S.HI/c1-2-25-24(26-13-15-31-22-11-4-3-5-12-22)28-17-19-8-6-9-20(16-19)23(29)27-18-21-10-7-14-30-21;/h3-6,8-9,11-12,16,21H,2,7,10,13-15,17-18H2,1H3,(H,27,29)(H2,25,26,28);1H. The van der Waals surface area contributed by atoms with E-state index in [4.69, 9.17) is 4.74 Å². The van der Waals surface area contributed by atoms with Crippen LogP contribution in [0.5, 0.6) is 0 Å². The third-order valence-corrected chi connectivity index (χ3v) is 5.89. The number of thioether (sulfide) groups is 1. The van der Waals surface area contributed by atoms with Gasteiger partial charge in [0.15, 0.2) is 5.96 Å². The summed E-state index contributed by atoms with van der Waals surface area (Å²) in [5, 5.41) is 9.63. The SMILES string of the molecule is CCNC(=NCc1cccc(C(=O)NCC2CCCO2)c1)NCCSc1ccccc1.I. The molecule has 32 heavy (non-hydrogen) atoms. The fourth-order valence-corrected chi connectivity index (χ4v) is 4.08. The van der Waals surface area contributed by atoms with Crippen LogP contribution in [0.2, 0.25) is 0 Å². The molecule has 1 saturated heterocycles. The molecule has 0 bridgehead atoms. The van der Waals surface area contributed by atoms with Crippen molar-refractivity contribution in [2.24, 2.45) is 4.99 Å². The zero-order chi connectivity index (χ0) is 21.7. The van der Waals surface area contributed by atoms with Crippen molar-refractivity contribution in [3.05, 3.63) is 65.7 Å². The Morgan fingerprint density at radius 3 is 2.72 bits per heavy atom. The van der Waals surface area contributed by atoms with Crippen LogP contribution in [0.4, 0.5) is 0 Å². The van der Waals surface area contributed by atoms with Gasteiger partial charge in [-0.05, 0) is 49.6 Å². The van der Waals surface area contributed by atoms with Crippen LogP contribution < -0.4 is 16.0 Å². The summed E-state index contributed by atoms with van der Waals surface area (Å²) in [4.78, 5) is 18.4. The van der Waals surface area contributed by atoms with E-state index in [2.05, 4.69) is 52.1 Å². The molecule has 0 saturated carbocycles. The lowest BCUT2D eigenvalue weighted by atomic mass is 10.1. The second-order valence-corrected chi connectivity index (χ2v) is 8.50. The Kier molecular flexibility index (Phi) is 12.5. The quantitative estimate of drug-likeness (QED) is 0.133. The minimum atomic E-state index is -0.0655. The summed E-state index contributed by atoms with van der Waals surface area (Å²) in [7, 11) is 0. The summed E-state index contributed by atoms with van der Waals surface area (Å²) in [5.41, 5.74) is 1.66. The Balaban J connectivity index is 0.00000363. The molecule has 3 N–H and O–H groups in total. The van der Waals surface area contributed by atoms with Crippen LogP contribution in [0, 0.1) is 0 Å². The topological polar surface area (TPSA) is 74.8 Å². The van der Waals surface area contributed by atoms with Gasteiger partial charge in [-0.3, -0.25) is 4.79 Å². The molecule has 6 nitrogen and oxygen atoms in total. The molecular formula is C24H33IN4O2S. The molecule has 1 unspecified atom stereocenters. The molecular weight excluding hydrogens is 535 g/mol. The van der Waals surface area contributed by atoms with E-state index in [1.54, 1.807) is 0 Å². The number of halogens is 1. The Morgan fingerprint density at radius 2 is 1.97 bits per heavy atom. The first-order chi connectivity index (χ1) is 15.2. The van der Waals surface area contributed by atoms with Crippen molar-refractivity contribution < 1.29 is 9.53 Å². The molecule has 0 radical (unpaired) electrons. The summed E-state index contributed by atoms with van der Waals surface area (Å²) in [5.74, 6) is 1.67. The molecule has 1 heterocycles. The van der Waals surface area contributed by atoms with Crippen molar-refractivity contribution in [3.8, 4) is 0 Å². The number of guanidine groups is 1. The highest BCUT2D eigenvalue weighted by atomic mass is 127. The normalized spacial score (nSPS) is 15.7. The molecule has 1 aliphatic heterocycles. The van der Waals surface area contributed by atoms with Crippen molar-refractivity contribution in [2.75, 3.05) is 32.0 Å². The zero-order valence-corrected chi connectivity index (χ0v) is 21.7.